The topological polar surface area (TPSA) is 113 Å². The molecule has 1 N–H and O–H groups in total. The first-order valence-corrected chi connectivity index (χ1v) is 10.4. The Hall–Kier alpha value is -3.23. The lowest BCUT2D eigenvalue weighted by Gasteiger charge is -2.27. The standard InChI is InChI=1S/C22H25N3O6/c1-22(2,3)31-21(30)24-8-6-12-10-14-15(11-13(12)7-9-24)20(29)25(19(14)28)16-4-5-17(26)23-18(16)27/h10-11,16H,4-9H2,1-3H3,(H,23,26,27). The van der Waals surface area contributed by atoms with Crippen LogP contribution in [0.3, 0.4) is 0 Å². The Morgan fingerprint density at radius 2 is 1.52 bits per heavy atom. The van der Waals surface area contributed by atoms with E-state index in [1.807, 2.05) is 20.8 Å². The number of ether oxygens (including phenoxy) is 1. The largest absolute Gasteiger partial charge is 0.444 e. The van der Waals surface area contributed by atoms with Gasteiger partial charge >= 0.3 is 6.09 Å². The summed E-state index contributed by atoms with van der Waals surface area (Å²) in [6, 6.07) is 2.43. The van der Waals surface area contributed by atoms with Gasteiger partial charge in [0, 0.05) is 19.5 Å². The number of piperidine rings is 1. The van der Waals surface area contributed by atoms with Crippen molar-refractivity contribution in [2.45, 2.75) is 58.1 Å². The van der Waals surface area contributed by atoms with Crippen LogP contribution >= 0.6 is 0 Å². The molecule has 5 amide bonds. The molecular formula is C22H25N3O6. The van der Waals surface area contributed by atoms with Crippen LogP contribution in [0.15, 0.2) is 12.1 Å². The number of nitrogens with zero attached hydrogens (tertiary/aromatic N) is 2. The monoisotopic (exact) mass is 427 g/mol. The third kappa shape index (κ3) is 3.92. The lowest BCUT2D eigenvalue weighted by atomic mass is 9.96. The first-order chi connectivity index (χ1) is 14.5. The number of carbonyl (C=O) groups is 5. The van der Waals surface area contributed by atoms with E-state index >= 15 is 0 Å². The van der Waals surface area contributed by atoms with Crippen LogP contribution in [0.4, 0.5) is 4.79 Å². The van der Waals surface area contributed by atoms with E-state index in [0.29, 0.717) is 25.9 Å². The molecule has 0 aromatic heterocycles. The fourth-order valence-electron chi connectivity index (χ4n) is 4.20. The van der Waals surface area contributed by atoms with Gasteiger partial charge in [0.2, 0.25) is 11.8 Å². The predicted molar refractivity (Wildman–Crippen MR) is 108 cm³/mol. The van der Waals surface area contributed by atoms with Gasteiger partial charge in [-0.2, -0.15) is 0 Å². The average molecular weight is 427 g/mol. The molecule has 9 nitrogen and oxygen atoms in total. The first-order valence-electron chi connectivity index (χ1n) is 10.4. The number of hydrogen-bond acceptors (Lipinski definition) is 6. The van der Waals surface area contributed by atoms with E-state index in [9.17, 15) is 24.0 Å². The van der Waals surface area contributed by atoms with Crippen LogP contribution in [0.5, 0.6) is 0 Å². The zero-order valence-electron chi connectivity index (χ0n) is 17.8. The van der Waals surface area contributed by atoms with E-state index in [2.05, 4.69) is 5.32 Å². The first kappa shape index (κ1) is 21.0. The highest BCUT2D eigenvalue weighted by atomic mass is 16.6. The molecule has 9 heteroatoms. The van der Waals surface area contributed by atoms with Gasteiger partial charge in [0.05, 0.1) is 11.1 Å². The van der Waals surface area contributed by atoms with Crippen molar-refractivity contribution in [3.8, 4) is 0 Å². The number of rotatable bonds is 1. The second-order valence-corrected chi connectivity index (χ2v) is 9.08. The third-order valence-corrected chi connectivity index (χ3v) is 5.71. The molecule has 1 aromatic rings. The van der Waals surface area contributed by atoms with Gasteiger partial charge in [0.1, 0.15) is 11.6 Å². The van der Waals surface area contributed by atoms with E-state index in [0.717, 1.165) is 16.0 Å². The van der Waals surface area contributed by atoms with Gasteiger partial charge in [-0.1, -0.05) is 0 Å². The molecule has 1 saturated heterocycles. The summed E-state index contributed by atoms with van der Waals surface area (Å²) in [5.41, 5.74) is 1.74. The quantitative estimate of drug-likeness (QED) is 0.679. The number of nitrogens with one attached hydrogen (secondary N) is 1. The second kappa shape index (κ2) is 7.47. The van der Waals surface area contributed by atoms with Crippen molar-refractivity contribution in [3.63, 3.8) is 0 Å². The van der Waals surface area contributed by atoms with Gasteiger partial charge in [-0.05, 0) is 63.3 Å². The molecule has 164 valence electrons. The van der Waals surface area contributed by atoms with Crippen LogP contribution in [-0.2, 0) is 27.2 Å². The Labute approximate surface area is 179 Å². The van der Waals surface area contributed by atoms with E-state index in [-0.39, 0.29) is 30.1 Å². The molecule has 0 saturated carbocycles. The average Bonchev–Trinajstić information content (AvgIpc) is 2.82. The highest BCUT2D eigenvalue weighted by Crippen LogP contribution is 2.31. The third-order valence-electron chi connectivity index (χ3n) is 5.71. The van der Waals surface area contributed by atoms with Gasteiger partial charge in [0.25, 0.3) is 11.8 Å². The summed E-state index contributed by atoms with van der Waals surface area (Å²) in [5.74, 6) is -2.07. The number of hydrogen-bond donors (Lipinski definition) is 1. The number of carbonyl (C=O) groups excluding carboxylic acids is 5. The van der Waals surface area contributed by atoms with E-state index in [4.69, 9.17) is 4.74 Å². The molecule has 3 aliphatic rings. The van der Waals surface area contributed by atoms with Gasteiger partial charge in [-0.3, -0.25) is 29.4 Å². The van der Waals surface area contributed by atoms with Crippen LogP contribution in [0.2, 0.25) is 0 Å². The van der Waals surface area contributed by atoms with Crippen LogP contribution in [0.25, 0.3) is 0 Å². The summed E-state index contributed by atoms with van der Waals surface area (Å²) >= 11 is 0. The molecule has 3 aliphatic heterocycles. The van der Waals surface area contributed by atoms with Gasteiger partial charge in [-0.25, -0.2) is 4.79 Å². The molecule has 4 rings (SSSR count). The van der Waals surface area contributed by atoms with E-state index < -0.39 is 35.3 Å². The summed E-state index contributed by atoms with van der Waals surface area (Å²) < 4.78 is 5.45. The molecule has 0 aliphatic carbocycles. The van der Waals surface area contributed by atoms with Crippen molar-refractivity contribution >= 4 is 29.7 Å². The van der Waals surface area contributed by atoms with Crippen molar-refractivity contribution in [3.05, 3.63) is 34.4 Å². The lowest BCUT2D eigenvalue weighted by Crippen LogP contribution is -2.54. The SMILES string of the molecule is CC(C)(C)OC(=O)N1CCc2cc3c(cc2CC1)C(=O)N(C1CCC(=O)NC1=O)C3=O. The Balaban J connectivity index is 1.55. The van der Waals surface area contributed by atoms with Crippen molar-refractivity contribution in [2.75, 3.05) is 13.1 Å². The summed E-state index contributed by atoms with van der Waals surface area (Å²) in [5, 5.41) is 2.20. The number of imide groups is 2. The molecule has 31 heavy (non-hydrogen) atoms. The smallest absolute Gasteiger partial charge is 0.410 e. The zero-order chi connectivity index (χ0) is 22.5. The summed E-state index contributed by atoms with van der Waals surface area (Å²) in [4.78, 5) is 64.6. The van der Waals surface area contributed by atoms with Crippen molar-refractivity contribution in [1.82, 2.24) is 15.1 Å². The summed E-state index contributed by atoms with van der Waals surface area (Å²) in [6.45, 7) is 6.33. The van der Waals surface area contributed by atoms with Crippen LogP contribution in [0.1, 0.15) is 65.5 Å². The fraction of sp³-hybridized carbons (Fsp3) is 0.500. The Kier molecular flexibility index (Phi) is 5.07. The van der Waals surface area contributed by atoms with Gasteiger partial charge < -0.3 is 9.64 Å². The van der Waals surface area contributed by atoms with Gasteiger partial charge in [0.15, 0.2) is 0 Å². The molecule has 1 unspecified atom stereocenters. The number of amides is 5. The summed E-state index contributed by atoms with van der Waals surface area (Å²) in [6.07, 6.45) is 0.884. The van der Waals surface area contributed by atoms with Crippen LogP contribution in [-0.4, -0.2) is 64.3 Å². The molecule has 1 atom stereocenters. The fourth-order valence-corrected chi connectivity index (χ4v) is 4.20. The zero-order valence-corrected chi connectivity index (χ0v) is 17.8. The van der Waals surface area contributed by atoms with Crippen molar-refractivity contribution in [1.29, 1.82) is 0 Å². The molecular weight excluding hydrogens is 402 g/mol. The Bertz CT molecular complexity index is 962. The minimum absolute atomic E-state index is 0.0841. The lowest BCUT2D eigenvalue weighted by molar-refractivity contribution is -0.136. The highest BCUT2D eigenvalue weighted by Gasteiger charge is 2.45. The van der Waals surface area contributed by atoms with Gasteiger partial charge in [-0.15, -0.1) is 0 Å². The highest BCUT2D eigenvalue weighted by molar-refractivity contribution is 6.23. The molecule has 3 heterocycles. The Morgan fingerprint density at radius 1 is 0.968 bits per heavy atom. The Morgan fingerprint density at radius 3 is 2.00 bits per heavy atom. The number of benzene rings is 1. The molecule has 1 aromatic carbocycles. The maximum absolute atomic E-state index is 13.0. The van der Waals surface area contributed by atoms with Crippen molar-refractivity contribution < 1.29 is 28.7 Å². The van der Waals surface area contributed by atoms with E-state index in [1.165, 1.54) is 0 Å². The molecule has 0 spiro atoms. The van der Waals surface area contributed by atoms with Crippen LogP contribution in [0, 0.1) is 0 Å². The maximum Gasteiger partial charge on any atom is 0.410 e. The summed E-state index contributed by atoms with van der Waals surface area (Å²) in [7, 11) is 0. The number of fused-ring (bicyclic) bond motifs is 2. The second-order valence-electron chi connectivity index (χ2n) is 9.08. The minimum Gasteiger partial charge on any atom is -0.444 e. The molecule has 0 bridgehead atoms. The molecule has 1 fully saturated rings. The maximum atomic E-state index is 13.0. The normalized spacial score (nSPS) is 21.5. The minimum atomic E-state index is -0.979. The van der Waals surface area contributed by atoms with E-state index in [1.54, 1.807) is 17.0 Å². The van der Waals surface area contributed by atoms with Crippen molar-refractivity contribution in [2.24, 2.45) is 0 Å². The predicted octanol–water partition coefficient (Wildman–Crippen LogP) is 1.42. The van der Waals surface area contributed by atoms with Crippen LogP contribution < -0.4 is 5.32 Å². The molecule has 0 radical (unpaired) electrons.